The van der Waals surface area contributed by atoms with Gasteiger partial charge in [-0.2, -0.15) is 0 Å². The number of rotatable bonds is 3. The minimum Gasteiger partial charge on any atom is -0.494 e. The lowest BCUT2D eigenvalue weighted by molar-refractivity contribution is 0.0673. The highest BCUT2D eigenvalue weighted by molar-refractivity contribution is 5.35. The number of ether oxygens (including phenoxy) is 2. The first-order valence-corrected chi connectivity index (χ1v) is 9.22. The average Bonchev–Trinajstić information content (AvgIpc) is 2.62. The van der Waals surface area contributed by atoms with Crippen LogP contribution in [0.4, 0.5) is 5.95 Å². The molecule has 0 bridgehead atoms. The maximum atomic E-state index is 12.5. The second-order valence-electron chi connectivity index (χ2n) is 7.27. The van der Waals surface area contributed by atoms with E-state index < -0.39 is 0 Å². The number of anilines is 1. The van der Waals surface area contributed by atoms with Gasteiger partial charge in [0.05, 0.1) is 12.2 Å². The van der Waals surface area contributed by atoms with E-state index in [1.54, 1.807) is 6.26 Å². The van der Waals surface area contributed by atoms with E-state index in [0.717, 1.165) is 55.4 Å². The van der Waals surface area contributed by atoms with Crippen LogP contribution in [0.1, 0.15) is 31.0 Å². The first-order chi connectivity index (χ1) is 12.2. The summed E-state index contributed by atoms with van der Waals surface area (Å²) < 4.78 is 11.0. The van der Waals surface area contributed by atoms with E-state index in [4.69, 9.17) is 14.5 Å². The molecule has 1 saturated heterocycles. The van der Waals surface area contributed by atoms with Gasteiger partial charge in [0.15, 0.2) is 0 Å². The van der Waals surface area contributed by atoms with Gasteiger partial charge in [-0.25, -0.2) is 4.98 Å². The minimum atomic E-state index is 0.0225. The summed E-state index contributed by atoms with van der Waals surface area (Å²) >= 11 is 0. The van der Waals surface area contributed by atoms with Crippen LogP contribution in [0.15, 0.2) is 16.8 Å². The molecular formula is C18H26N4O3. The Hall–Kier alpha value is -2.02. The molecule has 0 aromatic carbocycles. The van der Waals surface area contributed by atoms with Crippen molar-refractivity contribution in [3.8, 4) is 0 Å². The van der Waals surface area contributed by atoms with Crippen molar-refractivity contribution in [1.29, 1.82) is 0 Å². The Kier molecular flexibility index (Phi) is 4.65. The Bertz CT molecular complexity index is 715. The molecule has 0 aliphatic carbocycles. The normalized spacial score (nSPS) is 24.1. The number of hydrogen-bond donors (Lipinski definition) is 1. The summed E-state index contributed by atoms with van der Waals surface area (Å²) in [6.45, 7) is 7.60. The summed E-state index contributed by atoms with van der Waals surface area (Å²) in [5.41, 5.74) is 1.76. The first-order valence-electron chi connectivity index (χ1n) is 9.22. The summed E-state index contributed by atoms with van der Waals surface area (Å²) in [5.74, 6) is 2.22. The summed E-state index contributed by atoms with van der Waals surface area (Å²) in [6, 6.07) is 0. The van der Waals surface area contributed by atoms with Gasteiger partial charge in [0, 0.05) is 31.7 Å². The van der Waals surface area contributed by atoms with Crippen LogP contribution in [0, 0.1) is 5.92 Å². The second kappa shape index (κ2) is 7.07. The number of aromatic amines is 1. The molecule has 0 spiro atoms. The minimum absolute atomic E-state index is 0.0225. The lowest BCUT2D eigenvalue weighted by Crippen LogP contribution is -2.40. The molecule has 0 saturated carbocycles. The highest BCUT2D eigenvalue weighted by Gasteiger charge is 2.25. The van der Waals surface area contributed by atoms with Crippen LogP contribution >= 0.6 is 0 Å². The fourth-order valence-corrected chi connectivity index (χ4v) is 3.86. The van der Waals surface area contributed by atoms with Crippen LogP contribution in [-0.2, 0) is 22.4 Å². The number of H-pyrrole nitrogens is 1. The van der Waals surface area contributed by atoms with Gasteiger partial charge in [0.2, 0.25) is 5.95 Å². The van der Waals surface area contributed by atoms with Gasteiger partial charge in [0.25, 0.3) is 5.56 Å². The quantitative estimate of drug-likeness (QED) is 0.888. The zero-order valence-electron chi connectivity index (χ0n) is 14.8. The molecule has 1 fully saturated rings. The fraction of sp³-hybridized carbons (Fsp3) is 0.667. The maximum absolute atomic E-state index is 12.5. The topological polar surface area (TPSA) is 70.7 Å². The zero-order valence-corrected chi connectivity index (χ0v) is 14.8. The lowest BCUT2D eigenvalue weighted by Gasteiger charge is -2.33. The van der Waals surface area contributed by atoms with Gasteiger partial charge in [-0.1, -0.05) is 6.92 Å². The summed E-state index contributed by atoms with van der Waals surface area (Å²) in [4.78, 5) is 24.8. The number of piperidine rings is 1. The number of nitrogens with zero attached hydrogens (tertiary/aromatic N) is 3. The van der Waals surface area contributed by atoms with Crippen LogP contribution in [0.25, 0.3) is 0 Å². The standard InChI is InChI=1S/C18H26N4O3/c1-13-3-2-5-22(9-13)18-19-16-11-21(6-4-15(16)17(23)20-18)10-14-12-24-7-8-25-14/h12-13H,2-11H2,1H3,(H,19,20,23). The van der Waals surface area contributed by atoms with Gasteiger partial charge < -0.3 is 14.4 Å². The highest BCUT2D eigenvalue weighted by Crippen LogP contribution is 2.22. The summed E-state index contributed by atoms with van der Waals surface area (Å²) in [5, 5.41) is 0. The molecule has 1 aromatic rings. The van der Waals surface area contributed by atoms with Gasteiger partial charge in [-0.05, 0) is 25.2 Å². The predicted molar refractivity (Wildman–Crippen MR) is 94.4 cm³/mol. The van der Waals surface area contributed by atoms with Crippen LogP contribution in [0.2, 0.25) is 0 Å². The SMILES string of the molecule is CC1CCCN(c2nc3c(c(=O)[nH]2)CCN(CC2=COCCO2)C3)C1. The van der Waals surface area contributed by atoms with Crippen LogP contribution in [-0.4, -0.2) is 54.3 Å². The summed E-state index contributed by atoms with van der Waals surface area (Å²) in [6.07, 6.45) is 4.82. The smallest absolute Gasteiger partial charge is 0.255 e. The van der Waals surface area contributed by atoms with E-state index in [1.165, 1.54) is 6.42 Å². The van der Waals surface area contributed by atoms with Crippen molar-refractivity contribution in [2.75, 3.05) is 44.3 Å². The van der Waals surface area contributed by atoms with E-state index in [9.17, 15) is 4.79 Å². The number of aromatic nitrogens is 2. The Balaban J connectivity index is 1.52. The molecule has 3 aliphatic heterocycles. The van der Waals surface area contributed by atoms with Crippen molar-refractivity contribution in [1.82, 2.24) is 14.9 Å². The third-order valence-electron chi connectivity index (χ3n) is 5.18. The van der Waals surface area contributed by atoms with Gasteiger partial charge in [-0.3, -0.25) is 14.7 Å². The van der Waals surface area contributed by atoms with Gasteiger partial charge >= 0.3 is 0 Å². The largest absolute Gasteiger partial charge is 0.494 e. The van der Waals surface area contributed by atoms with Gasteiger partial charge in [-0.15, -0.1) is 0 Å². The maximum Gasteiger partial charge on any atom is 0.255 e. The number of fused-ring (bicyclic) bond motifs is 1. The third kappa shape index (κ3) is 3.66. The Morgan fingerprint density at radius 3 is 3.08 bits per heavy atom. The molecule has 136 valence electrons. The molecule has 1 aromatic heterocycles. The van der Waals surface area contributed by atoms with Crippen molar-refractivity contribution in [3.05, 3.63) is 33.6 Å². The van der Waals surface area contributed by atoms with Crippen molar-refractivity contribution in [3.63, 3.8) is 0 Å². The van der Waals surface area contributed by atoms with Gasteiger partial charge in [0.1, 0.15) is 25.2 Å². The molecule has 7 heteroatoms. The van der Waals surface area contributed by atoms with Crippen LogP contribution < -0.4 is 10.5 Å². The molecule has 7 nitrogen and oxygen atoms in total. The number of nitrogens with one attached hydrogen (secondary N) is 1. The molecule has 0 radical (unpaired) electrons. The Morgan fingerprint density at radius 1 is 1.36 bits per heavy atom. The van der Waals surface area contributed by atoms with Crippen molar-refractivity contribution >= 4 is 5.95 Å². The van der Waals surface area contributed by atoms with E-state index in [2.05, 4.69) is 21.7 Å². The molecule has 0 amide bonds. The number of hydrogen-bond acceptors (Lipinski definition) is 6. The average molecular weight is 346 g/mol. The monoisotopic (exact) mass is 346 g/mol. The molecular weight excluding hydrogens is 320 g/mol. The highest BCUT2D eigenvalue weighted by atomic mass is 16.6. The Morgan fingerprint density at radius 2 is 2.28 bits per heavy atom. The van der Waals surface area contributed by atoms with Crippen LogP contribution in [0.5, 0.6) is 0 Å². The van der Waals surface area contributed by atoms with Crippen LogP contribution in [0.3, 0.4) is 0 Å². The molecule has 3 aliphatic rings. The van der Waals surface area contributed by atoms with E-state index >= 15 is 0 Å². The molecule has 1 atom stereocenters. The first kappa shape index (κ1) is 16.4. The molecule has 4 heterocycles. The lowest BCUT2D eigenvalue weighted by atomic mass is 10.0. The van der Waals surface area contributed by atoms with Crippen molar-refractivity contribution in [2.45, 2.75) is 32.7 Å². The molecule has 1 unspecified atom stereocenters. The molecule has 25 heavy (non-hydrogen) atoms. The van der Waals surface area contributed by atoms with Crippen molar-refractivity contribution < 1.29 is 9.47 Å². The summed E-state index contributed by atoms with van der Waals surface area (Å²) in [7, 11) is 0. The Labute approximate surface area is 147 Å². The second-order valence-corrected chi connectivity index (χ2v) is 7.27. The molecule has 1 N–H and O–H groups in total. The molecule has 4 rings (SSSR count). The third-order valence-corrected chi connectivity index (χ3v) is 5.18. The zero-order chi connectivity index (χ0) is 17.2. The van der Waals surface area contributed by atoms with Crippen molar-refractivity contribution in [2.24, 2.45) is 5.92 Å². The predicted octanol–water partition coefficient (Wildman–Crippen LogP) is 1.25. The van der Waals surface area contributed by atoms with E-state index in [0.29, 0.717) is 32.2 Å². The fourth-order valence-electron chi connectivity index (χ4n) is 3.86. The van der Waals surface area contributed by atoms with E-state index in [1.807, 2.05) is 0 Å². The van der Waals surface area contributed by atoms with E-state index in [-0.39, 0.29) is 5.56 Å².